The maximum absolute atomic E-state index is 12.4. The summed E-state index contributed by atoms with van der Waals surface area (Å²) in [7, 11) is 0. The van der Waals surface area contributed by atoms with Crippen molar-refractivity contribution in [2.75, 3.05) is 13.1 Å². The molecule has 1 aromatic carbocycles. The van der Waals surface area contributed by atoms with Crippen LogP contribution < -0.4 is 0 Å². The third kappa shape index (κ3) is 2.99. The van der Waals surface area contributed by atoms with Gasteiger partial charge in [-0.3, -0.25) is 4.79 Å². The first-order valence-corrected chi connectivity index (χ1v) is 7.41. The number of hydrogen-bond donors (Lipinski definition) is 0. The van der Waals surface area contributed by atoms with Gasteiger partial charge in [0.2, 0.25) is 0 Å². The number of carbonyl (C=O) groups is 1. The van der Waals surface area contributed by atoms with E-state index >= 15 is 0 Å². The summed E-state index contributed by atoms with van der Waals surface area (Å²) in [6.07, 6.45) is 0. The molecule has 1 aromatic heterocycles. The molecule has 0 aliphatic rings. The van der Waals surface area contributed by atoms with E-state index in [4.69, 9.17) is 0 Å². The van der Waals surface area contributed by atoms with Gasteiger partial charge in [-0.15, -0.1) is 0 Å². The van der Waals surface area contributed by atoms with Gasteiger partial charge < -0.3 is 4.90 Å². The molecule has 0 spiro atoms. The van der Waals surface area contributed by atoms with E-state index in [9.17, 15) is 4.79 Å². The third-order valence-corrected chi connectivity index (χ3v) is 3.89. The summed E-state index contributed by atoms with van der Waals surface area (Å²) >= 11 is 0. The average molecular weight is 285 g/mol. The molecule has 2 rings (SSSR count). The van der Waals surface area contributed by atoms with Crippen LogP contribution in [0.5, 0.6) is 0 Å². The van der Waals surface area contributed by atoms with Crippen LogP contribution in [-0.4, -0.2) is 33.7 Å². The number of amides is 1. The van der Waals surface area contributed by atoms with E-state index in [1.807, 2.05) is 37.6 Å². The van der Waals surface area contributed by atoms with E-state index in [0.717, 1.165) is 11.4 Å². The van der Waals surface area contributed by atoms with Crippen LogP contribution >= 0.6 is 0 Å². The minimum atomic E-state index is -0.00863. The summed E-state index contributed by atoms with van der Waals surface area (Å²) < 4.78 is 1.84. The number of hydrogen-bond acceptors (Lipinski definition) is 2. The van der Waals surface area contributed by atoms with E-state index in [-0.39, 0.29) is 5.91 Å². The normalized spacial score (nSPS) is 10.7. The molecule has 0 unspecified atom stereocenters. The molecular weight excluding hydrogens is 262 g/mol. The number of carbonyl (C=O) groups excluding carboxylic acids is 1. The lowest BCUT2D eigenvalue weighted by Crippen LogP contribution is -2.30. The minimum absolute atomic E-state index is 0.00863. The summed E-state index contributed by atoms with van der Waals surface area (Å²) in [5, 5.41) is 4.49. The number of aryl methyl sites for hydroxylation is 3. The van der Waals surface area contributed by atoms with Crippen molar-refractivity contribution in [3.8, 4) is 5.69 Å². The number of aromatic nitrogens is 2. The molecule has 0 N–H and O–H groups in total. The number of nitrogens with zero attached hydrogens (tertiary/aromatic N) is 3. The standard InChI is InChI=1S/C17H23N3O/c1-6-19(7-2)17(21)16-11-14(5)20(18-16)15-9-8-12(3)13(4)10-15/h8-11H,6-7H2,1-5H3. The highest BCUT2D eigenvalue weighted by Crippen LogP contribution is 2.17. The lowest BCUT2D eigenvalue weighted by atomic mass is 10.1. The Labute approximate surface area is 126 Å². The zero-order chi connectivity index (χ0) is 15.6. The Morgan fingerprint density at radius 1 is 1.10 bits per heavy atom. The SMILES string of the molecule is CCN(CC)C(=O)c1cc(C)n(-c2ccc(C)c(C)c2)n1. The maximum Gasteiger partial charge on any atom is 0.274 e. The highest BCUT2D eigenvalue weighted by Gasteiger charge is 2.17. The lowest BCUT2D eigenvalue weighted by molar-refractivity contribution is 0.0766. The van der Waals surface area contributed by atoms with E-state index in [1.54, 1.807) is 4.90 Å². The van der Waals surface area contributed by atoms with E-state index in [0.29, 0.717) is 18.8 Å². The summed E-state index contributed by atoms with van der Waals surface area (Å²) in [4.78, 5) is 14.2. The average Bonchev–Trinajstić information content (AvgIpc) is 2.85. The van der Waals surface area contributed by atoms with Gasteiger partial charge in [-0.1, -0.05) is 6.07 Å². The van der Waals surface area contributed by atoms with Gasteiger partial charge in [0.05, 0.1) is 5.69 Å². The first-order chi connectivity index (χ1) is 9.97. The van der Waals surface area contributed by atoms with Crippen molar-refractivity contribution in [1.82, 2.24) is 14.7 Å². The number of benzene rings is 1. The van der Waals surface area contributed by atoms with Crippen molar-refractivity contribution in [3.05, 3.63) is 46.8 Å². The van der Waals surface area contributed by atoms with Crippen molar-refractivity contribution in [2.45, 2.75) is 34.6 Å². The molecule has 0 fully saturated rings. The zero-order valence-electron chi connectivity index (χ0n) is 13.5. The van der Waals surface area contributed by atoms with Crippen LogP contribution in [0.4, 0.5) is 0 Å². The van der Waals surface area contributed by atoms with Crippen LogP contribution in [0, 0.1) is 20.8 Å². The Bertz CT molecular complexity index is 654. The Balaban J connectivity index is 2.39. The van der Waals surface area contributed by atoms with Gasteiger partial charge in [0.1, 0.15) is 0 Å². The van der Waals surface area contributed by atoms with Crippen LogP contribution in [0.15, 0.2) is 24.3 Å². The van der Waals surface area contributed by atoms with Crippen molar-refractivity contribution < 1.29 is 4.79 Å². The fraction of sp³-hybridized carbons (Fsp3) is 0.412. The Morgan fingerprint density at radius 3 is 2.33 bits per heavy atom. The van der Waals surface area contributed by atoms with Crippen LogP contribution in [0.3, 0.4) is 0 Å². The summed E-state index contributed by atoms with van der Waals surface area (Å²) in [6, 6.07) is 8.07. The second kappa shape index (κ2) is 6.12. The van der Waals surface area contributed by atoms with Crippen LogP contribution in [0.1, 0.15) is 41.2 Å². The molecule has 0 aliphatic carbocycles. The second-order valence-corrected chi connectivity index (χ2v) is 5.33. The van der Waals surface area contributed by atoms with Crippen molar-refractivity contribution >= 4 is 5.91 Å². The van der Waals surface area contributed by atoms with E-state index in [1.165, 1.54) is 11.1 Å². The van der Waals surface area contributed by atoms with Crippen LogP contribution in [0.2, 0.25) is 0 Å². The summed E-state index contributed by atoms with van der Waals surface area (Å²) in [5.74, 6) is -0.00863. The van der Waals surface area contributed by atoms with Crippen molar-refractivity contribution in [3.63, 3.8) is 0 Å². The molecule has 4 nitrogen and oxygen atoms in total. The molecule has 0 bridgehead atoms. The molecule has 21 heavy (non-hydrogen) atoms. The topological polar surface area (TPSA) is 38.1 Å². The fourth-order valence-corrected chi connectivity index (χ4v) is 2.37. The molecule has 0 radical (unpaired) electrons. The predicted molar refractivity (Wildman–Crippen MR) is 85.0 cm³/mol. The molecule has 0 aliphatic heterocycles. The highest BCUT2D eigenvalue weighted by molar-refractivity contribution is 5.92. The van der Waals surface area contributed by atoms with Gasteiger partial charge in [0.15, 0.2) is 5.69 Å². The quantitative estimate of drug-likeness (QED) is 0.864. The first-order valence-electron chi connectivity index (χ1n) is 7.41. The van der Waals surface area contributed by atoms with E-state index in [2.05, 4.69) is 31.1 Å². The summed E-state index contributed by atoms with van der Waals surface area (Å²) in [6.45, 7) is 11.5. The van der Waals surface area contributed by atoms with Gasteiger partial charge >= 0.3 is 0 Å². The molecule has 2 aromatic rings. The van der Waals surface area contributed by atoms with Gasteiger partial charge in [0, 0.05) is 18.8 Å². The Kier molecular flexibility index (Phi) is 4.46. The second-order valence-electron chi connectivity index (χ2n) is 5.33. The fourth-order valence-electron chi connectivity index (χ4n) is 2.37. The largest absolute Gasteiger partial charge is 0.338 e. The van der Waals surface area contributed by atoms with Gasteiger partial charge in [-0.05, 0) is 63.9 Å². The molecular formula is C17H23N3O. The third-order valence-electron chi connectivity index (χ3n) is 3.89. The number of rotatable bonds is 4. The molecule has 1 amide bonds. The zero-order valence-corrected chi connectivity index (χ0v) is 13.5. The molecule has 0 saturated carbocycles. The smallest absolute Gasteiger partial charge is 0.274 e. The summed E-state index contributed by atoms with van der Waals surface area (Å²) in [5.41, 5.74) is 4.94. The molecule has 0 saturated heterocycles. The Hall–Kier alpha value is -2.10. The molecule has 1 heterocycles. The Morgan fingerprint density at radius 2 is 1.76 bits per heavy atom. The monoisotopic (exact) mass is 285 g/mol. The highest BCUT2D eigenvalue weighted by atomic mass is 16.2. The van der Waals surface area contributed by atoms with Crippen LogP contribution in [-0.2, 0) is 0 Å². The lowest BCUT2D eigenvalue weighted by Gasteiger charge is -2.16. The van der Waals surface area contributed by atoms with Crippen molar-refractivity contribution in [1.29, 1.82) is 0 Å². The van der Waals surface area contributed by atoms with Gasteiger partial charge in [-0.2, -0.15) is 5.10 Å². The van der Waals surface area contributed by atoms with Gasteiger partial charge in [0.25, 0.3) is 5.91 Å². The first kappa shape index (κ1) is 15.3. The van der Waals surface area contributed by atoms with E-state index < -0.39 is 0 Å². The molecule has 4 heteroatoms. The maximum atomic E-state index is 12.4. The molecule has 112 valence electrons. The predicted octanol–water partition coefficient (Wildman–Crippen LogP) is 3.28. The van der Waals surface area contributed by atoms with Crippen molar-refractivity contribution in [2.24, 2.45) is 0 Å². The molecule has 0 atom stereocenters. The van der Waals surface area contributed by atoms with Crippen LogP contribution in [0.25, 0.3) is 5.69 Å². The minimum Gasteiger partial charge on any atom is -0.338 e. The van der Waals surface area contributed by atoms with Gasteiger partial charge in [-0.25, -0.2) is 4.68 Å².